The number of ether oxygens (including phenoxy) is 1. The van der Waals surface area contributed by atoms with Gasteiger partial charge in [0.15, 0.2) is 0 Å². The van der Waals surface area contributed by atoms with Gasteiger partial charge in [0.25, 0.3) is 0 Å². The molecule has 0 aliphatic carbocycles. The number of hydrogen-bond acceptors (Lipinski definition) is 4. The second-order valence-corrected chi connectivity index (χ2v) is 3.84. The van der Waals surface area contributed by atoms with Crippen molar-refractivity contribution in [3.8, 4) is 5.75 Å². The van der Waals surface area contributed by atoms with E-state index in [-0.39, 0.29) is 18.8 Å². The van der Waals surface area contributed by atoms with E-state index in [9.17, 15) is 9.59 Å². The quantitative estimate of drug-likeness (QED) is 0.681. The predicted octanol–water partition coefficient (Wildman–Crippen LogP) is -0.0641. The lowest BCUT2D eigenvalue weighted by atomic mass is 10.2. The van der Waals surface area contributed by atoms with Gasteiger partial charge in [-0.1, -0.05) is 12.1 Å². The Morgan fingerprint density at radius 2 is 1.89 bits per heavy atom. The van der Waals surface area contributed by atoms with Crippen LogP contribution in [-0.4, -0.2) is 25.0 Å². The van der Waals surface area contributed by atoms with E-state index in [4.69, 9.17) is 16.2 Å². The average Bonchev–Trinajstić information content (AvgIpc) is 2.35. The Labute approximate surface area is 117 Å². The first kappa shape index (κ1) is 17.2. The Bertz CT molecular complexity index is 423. The second-order valence-electron chi connectivity index (χ2n) is 3.84. The molecule has 0 fully saturated rings. The van der Waals surface area contributed by atoms with Crippen LogP contribution in [0.25, 0.3) is 0 Å². The monoisotopic (exact) mass is 287 g/mol. The van der Waals surface area contributed by atoms with Crippen LogP contribution < -0.4 is 21.5 Å². The number of carbonyl (C=O) groups is 2. The molecular weight excluding hydrogens is 270 g/mol. The molecule has 0 saturated carbocycles. The zero-order chi connectivity index (χ0) is 13.5. The molecule has 7 heteroatoms. The van der Waals surface area contributed by atoms with Gasteiger partial charge in [-0.2, -0.15) is 0 Å². The first-order chi connectivity index (χ1) is 8.52. The molecule has 1 unspecified atom stereocenters. The lowest BCUT2D eigenvalue weighted by molar-refractivity contribution is -0.126. The molecule has 5 N–H and O–H groups in total. The van der Waals surface area contributed by atoms with Gasteiger partial charge in [-0.15, -0.1) is 12.4 Å². The molecule has 0 bridgehead atoms. The van der Waals surface area contributed by atoms with Crippen molar-refractivity contribution >= 4 is 24.2 Å². The summed E-state index contributed by atoms with van der Waals surface area (Å²) in [4.78, 5) is 22.1. The summed E-state index contributed by atoms with van der Waals surface area (Å²) in [5.41, 5.74) is 11.4. The minimum atomic E-state index is -0.902. The molecule has 19 heavy (non-hydrogen) atoms. The molecule has 1 rings (SSSR count). The second kappa shape index (κ2) is 8.34. The van der Waals surface area contributed by atoms with Crippen molar-refractivity contribution in [1.82, 2.24) is 5.32 Å². The van der Waals surface area contributed by atoms with Crippen LogP contribution >= 0.6 is 12.4 Å². The number of hydrogen-bond donors (Lipinski definition) is 3. The van der Waals surface area contributed by atoms with Gasteiger partial charge in [0.1, 0.15) is 5.75 Å². The summed E-state index contributed by atoms with van der Waals surface area (Å²) in [6.45, 7) is 0.343. The van der Waals surface area contributed by atoms with Crippen LogP contribution in [0, 0.1) is 0 Å². The Balaban J connectivity index is 0.00000324. The molecule has 106 valence electrons. The minimum Gasteiger partial charge on any atom is -0.497 e. The molecular formula is C12H18ClN3O3. The smallest absolute Gasteiger partial charge is 0.237 e. The van der Waals surface area contributed by atoms with E-state index in [2.05, 4.69) is 5.32 Å². The Kier molecular flexibility index (Phi) is 7.55. The molecule has 0 saturated heterocycles. The maximum absolute atomic E-state index is 11.5. The maximum Gasteiger partial charge on any atom is 0.237 e. The van der Waals surface area contributed by atoms with Gasteiger partial charge in [-0.05, 0) is 17.7 Å². The van der Waals surface area contributed by atoms with E-state index < -0.39 is 17.9 Å². The summed E-state index contributed by atoms with van der Waals surface area (Å²) in [7, 11) is 1.58. The number of primary amides is 1. The third-order valence-corrected chi connectivity index (χ3v) is 2.38. The van der Waals surface area contributed by atoms with Crippen LogP contribution in [0.3, 0.4) is 0 Å². The molecule has 2 amide bonds. The highest BCUT2D eigenvalue weighted by Crippen LogP contribution is 2.10. The molecule has 1 atom stereocenters. The molecule has 0 radical (unpaired) electrons. The Morgan fingerprint density at radius 1 is 1.32 bits per heavy atom. The van der Waals surface area contributed by atoms with E-state index in [0.717, 1.165) is 11.3 Å². The lowest BCUT2D eigenvalue weighted by Crippen LogP contribution is -2.42. The fourth-order valence-electron chi connectivity index (χ4n) is 1.37. The molecule has 0 aliphatic rings. The maximum atomic E-state index is 11.5. The molecule has 0 heterocycles. The van der Waals surface area contributed by atoms with Crippen molar-refractivity contribution in [2.75, 3.05) is 7.11 Å². The number of rotatable bonds is 6. The third-order valence-electron chi connectivity index (χ3n) is 2.38. The zero-order valence-corrected chi connectivity index (χ0v) is 11.4. The third kappa shape index (κ3) is 6.08. The Morgan fingerprint density at radius 3 is 2.37 bits per heavy atom. The molecule has 0 aliphatic heterocycles. The number of amides is 2. The molecule has 1 aromatic rings. The number of nitrogens with two attached hydrogens (primary N) is 2. The van der Waals surface area contributed by atoms with Gasteiger partial charge in [-0.3, -0.25) is 9.59 Å². The van der Waals surface area contributed by atoms with Gasteiger partial charge in [0.2, 0.25) is 11.8 Å². The van der Waals surface area contributed by atoms with E-state index in [1.807, 2.05) is 12.1 Å². The van der Waals surface area contributed by atoms with E-state index in [0.29, 0.717) is 6.54 Å². The van der Waals surface area contributed by atoms with Crippen LogP contribution in [0.2, 0.25) is 0 Å². The van der Waals surface area contributed by atoms with Crippen LogP contribution in [-0.2, 0) is 16.1 Å². The first-order valence-electron chi connectivity index (χ1n) is 5.47. The highest BCUT2D eigenvalue weighted by atomic mass is 35.5. The average molecular weight is 288 g/mol. The Hall–Kier alpha value is -1.79. The van der Waals surface area contributed by atoms with Crippen LogP contribution in [0.5, 0.6) is 5.75 Å². The molecule has 6 nitrogen and oxygen atoms in total. The number of methoxy groups -OCH3 is 1. The predicted molar refractivity (Wildman–Crippen MR) is 73.9 cm³/mol. The molecule has 0 aromatic heterocycles. The summed E-state index contributed by atoms with van der Waals surface area (Å²) in [6.07, 6.45) is -0.158. The minimum absolute atomic E-state index is 0. The highest BCUT2D eigenvalue weighted by molar-refractivity contribution is 5.87. The van der Waals surface area contributed by atoms with Crippen LogP contribution in [0.4, 0.5) is 0 Å². The normalized spacial score (nSPS) is 11.1. The number of carbonyl (C=O) groups excluding carboxylic acids is 2. The van der Waals surface area contributed by atoms with E-state index in [1.54, 1.807) is 19.2 Å². The summed E-state index contributed by atoms with van der Waals surface area (Å²) < 4.78 is 5.02. The number of halogens is 1. The standard InChI is InChI=1S/C12H17N3O3.ClH/c1-18-9-4-2-8(3-5-9)7-15-12(17)10(13)6-11(14)16;/h2-5,10H,6-7,13H2,1H3,(H2,14,16)(H,15,17);1H. The summed E-state index contributed by atoms with van der Waals surface area (Å²) >= 11 is 0. The van der Waals surface area contributed by atoms with Gasteiger partial charge < -0.3 is 21.5 Å². The topological polar surface area (TPSA) is 107 Å². The highest BCUT2D eigenvalue weighted by Gasteiger charge is 2.15. The van der Waals surface area contributed by atoms with Crippen molar-refractivity contribution < 1.29 is 14.3 Å². The van der Waals surface area contributed by atoms with Gasteiger partial charge in [0.05, 0.1) is 19.6 Å². The van der Waals surface area contributed by atoms with Crippen LogP contribution in [0.1, 0.15) is 12.0 Å². The van der Waals surface area contributed by atoms with E-state index in [1.165, 1.54) is 0 Å². The first-order valence-corrected chi connectivity index (χ1v) is 5.47. The summed E-state index contributed by atoms with van der Waals surface area (Å²) in [6, 6.07) is 6.35. The SMILES string of the molecule is COc1ccc(CNC(=O)C(N)CC(N)=O)cc1.Cl. The van der Waals surface area contributed by atoms with E-state index >= 15 is 0 Å². The molecule has 1 aromatic carbocycles. The molecule has 0 spiro atoms. The lowest BCUT2D eigenvalue weighted by Gasteiger charge is -2.10. The number of nitrogens with one attached hydrogen (secondary N) is 1. The number of benzene rings is 1. The van der Waals surface area contributed by atoms with Crippen molar-refractivity contribution in [2.45, 2.75) is 19.0 Å². The van der Waals surface area contributed by atoms with Crippen molar-refractivity contribution in [3.63, 3.8) is 0 Å². The van der Waals surface area contributed by atoms with Crippen molar-refractivity contribution in [3.05, 3.63) is 29.8 Å². The van der Waals surface area contributed by atoms with Gasteiger partial charge >= 0.3 is 0 Å². The summed E-state index contributed by atoms with van der Waals surface area (Å²) in [5, 5.41) is 2.63. The van der Waals surface area contributed by atoms with Crippen molar-refractivity contribution in [1.29, 1.82) is 0 Å². The largest absolute Gasteiger partial charge is 0.497 e. The van der Waals surface area contributed by atoms with Gasteiger partial charge in [-0.25, -0.2) is 0 Å². The fourth-order valence-corrected chi connectivity index (χ4v) is 1.37. The zero-order valence-electron chi connectivity index (χ0n) is 10.6. The van der Waals surface area contributed by atoms with Gasteiger partial charge in [0, 0.05) is 6.54 Å². The summed E-state index contributed by atoms with van der Waals surface area (Å²) in [5.74, 6) is -0.248. The fraction of sp³-hybridized carbons (Fsp3) is 0.333. The van der Waals surface area contributed by atoms with Crippen molar-refractivity contribution in [2.24, 2.45) is 11.5 Å². The van der Waals surface area contributed by atoms with Crippen LogP contribution in [0.15, 0.2) is 24.3 Å².